The van der Waals surface area contributed by atoms with Crippen LogP contribution in [0.5, 0.6) is 0 Å². The summed E-state index contributed by atoms with van der Waals surface area (Å²) >= 11 is 0. The number of hydrogen-bond donors (Lipinski definition) is 1. The molecule has 2 aromatic rings. The number of imide groups is 1. The Bertz CT molecular complexity index is 743. The second kappa shape index (κ2) is 4.86. The van der Waals surface area contributed by atoms with E-state index in [1.54, 1.807) is 14.0 Å². The van der Waals surface area contributed by atoms with E-state index in [4.69, 9.17) is 0 Å². The summed E-state index contributed by atoms with van der Waals surface area (Å²) in [6, 6.07) is 4.87. The summed E-state index contributed by atoms with van der Waals surface area (Å²) in [6.07, 6.45) is 0. The average Bonchev–Trinajstić information content (AvgIpc) is 2.97. The van der Waals surface area contributed by atoms with Crippen molar-refractivity contribution < 1.29 is 14.0 Å². The minimum atomic E-state index is -1.24. The molecule has 8 nitrogen and oxygen atoms in total. The fraction of sp³-hybridized carbons (Fsp3) is 0.308. The Morgan fingerprint density at radius 3 is 2.55 bits per heavy atom. The van der Waals surface area contributed by atoms with Crippen LogP contribution in [-0.2, 0) is 23.9 Å². The van der Waals surface area contributed by atoms with E-state index in [9.17, 15) is 14.0 Å². The third-order valence-corrected chi connectivity index (χ3v) is 3.55. The zero-order valence-corrected chi connectivity index (χ0v) is 11.9. The minimum Gasteiger partial charge on any atom is -0.319 e. The Hall–Kier alpha value is -2.84. The lowest BCUT2D eigenvalue weighted by Gasteiger charge is -2.21. The molecule has 0 radical (unpaired) electrons. The molecular formula is C13H13FN6O2. The van der Waals surface area contributed by atoms with Crippen molar-refractivity contribution in [3.63, 3.8) is 0 Å². The number of aryl methyl sites for hydroxylation is 1. The Labute approximate surface area is 124 Å². The monoisotopic (exact) mass is 304 g/mol. The molecule has 3 rings (SSSR count). The Morgan fingerprint density at radius 2 is 1.95 bits per heavy atom. The molecule has 1 aromatic carbocycles. The minimum absolute atomic E-state index is 0.0741. The fourth-order valence-electron chi connectivity index (χ4n) is 2.35. The summed E-state index contributed by atoms with van der Waals surface area (Å²) in [7, 11) is 1.59. The molecule has 9 heteroatoms. The molecule has 1 aliphatic heterocycles. The van der Waals surface area contributed by atoms with Gasteiger partial charge >= 0.3 is 6.03 Å². The van der Waals surface area contributed by atoms with E-state index in [1.807, 2.05) is 0 Å². The van der Waals surface area contributed by atoms with E-state index in [0.29, 0.717) is 5.56 Å². The molecule has 1 unspecified atom stereocenters. The van der Waals surface area contributed by atoms with Crippen LogP contribution in [0.25, 0.3) is 0 Å². The number of amides is 3. The quantitative estimate of drug-likeness (QED) is 0.824. The number of aromatic nitrogens is 4. The highest BCUT2D eigenvalue weighted by Gasteiger charge is 2.49. The largest absolute Gasteiger partial charge is 0.325 e. The smallest absolute Gasteiger partial charge is 0.319 e. The molecule has 0 bridgehead atoms. The van der Waals surface area contributed by atoms with Crippen molar-refractivity contribution in [3.8, 4) is 0 Å². The van der Waals surface area contributed by atoms with Gasteiger partial charge in [-0.25, -0.2) is 9.18 Å². The van der Waals surface area contributed by atoms with Gasteiger partial charge in [-0.1, -0.05) is 12.1 Å². The summed E-state index contributed by atoms with van der Waals surface area (Å²) in [4.78, 5) is 26.9. The van der Waals surface area contributed by atoms with Crippen molar-refractivity contribution in [2.75, 3.05) is 0 Å². The first-order valence-electron chi connectivity index (χ1n) is 6.53. The van der Waals surface area contributed by atoms with E-state index in [2.05, 4.69) is 20.7 Å². The van der Waals surface area contributed by atoms with Gasteiger partial charge in [0.2, 0.25) is 0 Å². The van der Waals surface area contributed by atoms with Gasteiger partial charge in [0.1, 0.15) is 11.4 Å². The lowest BCUT2D eigenvalue weighted by molar-refractivity contribution is -0.131. The van der Waals surface area contributed by atoms with Gasteiger partial charge in [0.15, 0.2) is 5.82 Å². The number of halogens is 1. The van der Waals surface area contributed by atoms with Crippen LogP contribution >= 0.6 is 0 Å². The van der Waals surface area contributed by atoms with E-state index < -0.39 is 23.3 Å². The summed E-state index contributed by atoms with van der Waals surface area (Å²) in [5.41, 5.74) is -0.741. The van der Waals surface area contributed by atoms with Gasteiger partial charge in [-0.15, -0.1) is 10.2 Å². The van der Waals surface area contributed by atoms with Crippen LogP contribution in [0.3, 0.4) is 0 Å². The summed E-state index contributed by atoms with van der Waals surface area (Å²) in [6.45, 7) is 1.50. The first kappa shape index (κ1) is 14.1. The maximum atomic E-state index is 13.0. The van der Waals surface area contributed by atoms with Crippen LogP contribution in [0.2, 0.25) is 0 Å². The number of benzene rings is 1. The number of hydrogen-bond acceptors (Lipinski definition) is 5. The van der Waals surface area contributed by atoms with Crippen LogP contribution in [0.4, 0.5) is 9.18 Å². The fourth-order valence-corrected chi connectivity index (χ4v) is 2.35. The van der Waals surface area contributed by atoms with Crippen molar-refractivity contribution in [2.45, 2.75) is 19.0 Å². The van der Waals surface area contributed by atoms with Gasteiger partial charge in [0.25, 0.3) is 5.91 Å². The summed E-state index contributed by atoms with van der Waals surface area (Å²) in [5, 5.41) is 14.0. The molecule has 114 valence electrons. The van der Waals surface area contributed by atoms with E-state index in [-0.39, 0.29) is 12.4 Å². The van der Waals surface area contributed by atoms with Crippen molar-refractivity contribution in [2.24, 2.45) is 7.05 Å². The molecular weight excluding hydrogens is 291 g/mol. The van der Waals surface area contributed by atoms with Gasteiger partial charge in [-0.3, -0.25) is 9.69 Å². The molecule has 1 aliphatic rings. The van der Waals surface area contributed by atoms with Crippen molar-refractivity contribution in [1.29, 1.82) is 0 Å². The number of urea groups is 1. The van der Waals surface area contributed by atoms with Crippen LogP contribution in [0.15, 0.2) is 24.3 Å². The van der Waals surface area contributed by atoms with Gasteiger partial charge in [0, 0.05) is 0 Å². The lowest BCUT2D eigenvalue weighted by Crippen LogP contribution is -2.40. The normalized spacial score (nSPS) is 21.3. The number of nitrogens with zero attached hydrogens (tertiary/aromatic N) is 5. The highest BCUT2D eigenvalue weighted by atomic mass is 19.1. The molecule has 0 spiro atoms. The van der Waals surface area contributed by atoms with Gasteiger partial charge in [-0.05, 0) is 29.8 Å². The summed E-state index contributed by atoms with van der Waals surface area (Å²) < 4.78 is 13.0. The average molecular weight is 304 g/mol. The zero-order chi connectivity index (χ0) is 15.9. The maximum Gasteiger partial charge on any atom is 0.325 e. The number of carbonyl (C=O) groups excluding carboxylic acids is 2. The van der Waals surface area contributed by atoms with Crippen LogP contribution in [0, 0.1) is 5.82 Å². The molecule has 1 N–H and O–H groups in total. The van der Waals surface area contributed by atoms with E-state index in [0.717, 1.165) is 4.90 Å². The van der Waals surface area contributed by atoms with Gasteiger partial charge in [-0.2, -0.15) is 4.80 Å². The van der Waals surface area contributed by atoms with Crippen LogP contribution < -0.4 is 5.32 Å². The second-order valence-electron chi connectivity index (χ2n) is 5.15. The number of carbonyl (C=O) groups is 2. The van der Waals surface area contributed by atoms with Gasteiger partial charge < -0.3 is 5.32 Å². The van der Waals surface area contributed by atoms with Crippen molar-refractivity contribution in [1.82, 2.24) is 30.4 Å². The molecule has 1 atom stereocenters. The molecule has 22 heavy (non-hydrogen) atoms. The third kappa shape index (κ3) is 2.20. The lowest BCUT2D eigenvalue weighted by atomic mass is 9.92. The Kier molecular flexibility index (Phi) is 3.12. The highest BCUT2D eigenvalue weighted by Crippen LogP contribution is 2.29. The molecule has 0 aliphatic carbocycles. The van der Waals surface area contributed by atoms with E-state index >= 15 is 0 Å². The van der Waals surface area contributed by atoms with E-state index in [1.165, 1.54) is 29.1 Å². The number of tetrazole rings is 1. The highest BCUT2D eigenvalue weighted by molar-refractivity contribution is 6.07. The molecule has 2 heterocycles. The zero-order valence-electron chi connectivity index (χ0n) is 11.9. The topological polar surface area (TPSA) is 93.0 Å². The SMILES string of the molecule is Cn1nnc(CN2C(=O)NC(C)(c3ccc(F)cc3)C2=O)n1. The number of rotatable bonds is 3. The number of nitrogens with one attached hydrogen (secondary N) is 1. The standard InChI is InChI=1S/C13H13FN6O2/c1-13(8-3-5-9(14)6-4-8)11(21)20(12(22)15-13)7-10-16-18-19(2)17-10/h3-6H,7H2,1-2H3,(H,15,22). The molecule has 1 aromatic heterocycles. The van der Waals surface area contributed by atoms with Crippen molar-refractivity contribution in [3.05, 3.63) is 41.5 Å². The Morgan fingerprint density at radius 1 is 1.27 bits per heavy atom. The Balaban J connectivity index is 1.88. The maximum absolute atomic E-state index is 13.0. The first-order valence-corrected chi connectivity index (χ1v) is 6.53. The first-order chi connectivity index (χ1) is 10.4. The van der Waals surface area contributed by atoms with Crippen LogP contribution in [-0.4, -0.2) is 37.0 Å². The molecule has 3 amide bonds. The molecule has 1 fully saturated rings. The third-order valence-electron chi connectivity index (χ3n) is 3.55. The molecule has 0 saturated carbocycles. The van der Waals surface area contributed by atoms with Crippen molar-refractivity contribution >= 4 is 11.9 Å². The predicted molar refractivity (Wildman–Crippen MR) is 71.6 cm³/mol. The predicted octanol–water partition coefficient (Wildman–Crippen LogP) is 0.316. The van der Waals surface area contributed by atoms with Crippen LogP contribution in [0.1, 0.15) is 18.3 Å². The van der Waals surface area contributed by atoms with Gasteiger partial charge in [0.05, 0.1) is 13.6 Å². The second-order valence-corrected chi connectivity index (χ2v) is 5.15. The summed E-state index contributed by atoms with van der Waals surface area (Å²) in [5.74, 6) is -0.601. The molecule has 1 saturated heterocycles.